The van der Waals surface area contributed by atoms with Crippen LogP contribution in [0.1, 0.15) is 31.2 Å². The molecule has 0 heterocycles. The molecule has 0 aromatic heterocycles. The maximum Gasteiger partial charge on any atom is 0.0207 e. The van der Waals surface area contributed by atoms with Crippen molar-refractivity contribution in [2.45, 2.75) is 32.1 Å². The van der Waals surface area contributed by atoms with E-state index in [9.17, 15) is 0 Å². The van der Waals surface area contributed by atoms with E-state index in [0.29, 0.717) is 0 Å². The summed E-state index contributed by atoms with van der Waals surface area (Å²) >= 11 is 3.67. The molecule has 0 spiro atoms. The Bertz CT molecular complexity index is 349. The van der Waals surface area contributed by atoms with Gasteiger partial charge >= 0.3 is 0 Å². The number of halogens is 1. The average molecular weight is 296 g/mol. The molecule has 0 aliphatic heterocycles. The molecule has 1 saturated carbocycles. The fraction of sp³-hybridized carbons (Fsp3) is 0.600. The van der Waals surface area contributed by atoms with Crippen LogP contribution in [0.2, 0.25) is 0 Å². The van der Waals surface area contributed by atoms with E-state index in [1.807, 2.05) is 0 Å². The molecule has 1 aromatic rings. The highest BCUT2D eigenvalue weighted by Crippen LogP contribution is 2.33. The van der Waals surface area contributed by atoms with Crippen LogP contribution in [-0.4, -0.2) is 13.6 Å². The first-order valence-corrected chi connectivity index (χ1v) is 7.48. The number of hydrogen-bond acceptors (Lipinski definition) is 1. The average Bonchev–Trinajstić information content (AvgIpc) is 2.35. The third kappa shape index (κ3) is 3.56. The first kappa shape index (κ1) is 13.1. The second-order valence-corrected chi connectivity index (χ2v) is 6.01. The molecule has 17 heavy (non-hydrogen) atoms. The van der Waals surface area contributed by atoms with E-state index < -0.39 is 0 Å². The monoisotopic (exact) mass is 295 g/mol. The standard InChI is InChI=1S/C15H22BrN/c1-17-11-14-8-3-2-6-12(14)10-13-7-4-5-9-15(13)16/h4-5,7,9,12,14,17H,2-3,6,8,10-11H2,1H3. The van der Waals surface area contributed by atoms with Gasteiger partial charge in [0.25, 0.3) is 0 Å². The van der Waals surface area contributed by atoms with Gasteiger partial charge in [0, 0.05) is 4.47 Å². The van der Waals surface area contributed by atoms with E-state index in [1.165, 1.54) is 48.7 Å². The Morgan fingerprint density at radius 1 is 1.18 bits per heavy atom. The van der Waals surface area contributed by atoms with Gasteiger partial charge in [-0.3, -0.25) is 0 Å². The minimum Gasteiger partial charge on any atom is -0.319 e. The van der Waals surface area contributed by atoms with E-state index in [4.69, 9.17) is 0 Å². The molecule has 2 unspecified atom stereocenters. The first-order valence-electron chi connectivity index (χ1n) is 6.69. The predicted octanol–water partition coefficient (Wildman–Crippen LogP) is 4.02. The maximum absolute atomic E-state index is 3.67. The molecule has 0 bridgehead atoms. The quantitative estimate of drug-likeness (QED) is 0.885. The maximum atomic E-state index is 3.67. The lowest BCUT2D eigenvalue weighted by Crippen LogP contribution is -2.30. The van der Waals surface area contributed by atoms with Crippen LogP contribution in [0.25, 0.3) is 0 Å². The van der Waals surface area contributed by atoms with Gasteiger partial charge in [-0.2, -0.15) is 0 Å². The van der Waals surface area contributed by atoms with E-state index in [1.54, 1.807) is 0 Å². The van der Waals surface area contributed by atoms with E-state index in [2.05, 4.69) is 52.6 Å². The number of rotatable bonds is 4. The third-order valence-corrected chi connectivity index (χ3v) is 4.75. The Balaban J connectivity index is 2.03. The second kappa shape index (κ2) is 6.55. The van der Waals surface area contributed by atoms with Crippen molar-refractivity contribution >= 4 is 15.9 Å². The summed E-state index contributed by atoms with van der Waals surface area (Å²) in [4.78, 5) is 0. The second-order valence-electron chi connectivity index (χ2n) is 5.16. The van der Waals surface area contributed by atoms with Gasteiger partial charge in [0.1, 0.15) is 0 Å². The summed E-state index contributed by atoms with van der Waals surface area (Å²) in [5.74, 6) is 1.72. The van der Waals surface area contributed by atoms with Gasteiger partial charge in [0.15, 0.2) is 0 Å². The summed E-state index contributed by atoms with van der Waals surface area (Å²) in [5.41, 5.74) is 1.47. The lowest BCUT2D eigenvalue weighted by Gasteiger charge is -2.31. The summed E-state index contributed by atoms with van der Waals surface area (Å²) in [6.45, 7) is 1.18. The Hall–Kier alpha value is -0.340. The fourth-order valence-electron chi connectivity index (χ4n) is 3.03. The lowest BCUT2D eigenvalue weighted by atomic mass is 9.76. The van der Waals surface area contributed by atoms with Crippen molar-refractivity contribution in [3.63, 3.8) is 0 Å². The molecule has 1 N–H and O–H groups in total. The van der Waals surface area contributed by atoms with Crippen molar-refractivity contribution < 1.29 is 0 Å². The molecule has 1 nitrogen and oxygen atoms in total. The molecular formula is C15H22BrN. The fourth-order valence-corrected chi connectivity index (χ4v) is 3.48. The van der Waals surface area contributed by atoms with Gasteiger partial charge in [-0.1, -0.05) is 47.0 Å². The molecule has 2 atom stereocenters. The van der Waals surface area contributed by atoms with Crippen LogP contribution in [-0.2, 0) is 6.42 Å². The molecular weight excluding hydrogens is 274 g/mol. The van der Waals surface area contributed by atoms with Crippen LogP contribution in [0.3, 0.4) is 0 Å². The predicted molar refractivity (Wildman–Crippen MR) is 77.2 cm³/mol. The normalized spacial score (nSPS) is 24.8. The SMILES string of the molecule is CNCC1CCCCC1Cc1ccccc1Br. The largest absolute Gasteiger partial charge is 0.319 e. The Morgan fingerprint density at radius 2 is 1.88 bits per heavy atom. The van der Waals surface area contributed by atoms with E-state index >= 15 is 0 Å². The zero-order valence-corrected chi connectivity index (χ0v) is 12.2. The summed E-state index contributed by atoms with van der Waals surface area (Å²) < 4.78 is 1.27. The third-order valence-electron chi connectivity index (χ3n) is 3.97. The summed E-state index contributed by atoms with van der Waals surface area (Å²) in [5, 5.41) is 3.36. The number of benzene rings is 1. The topological polar surface area (TPSA) is 12.0 Å². The lowest BCUT2D eigenvalue weighted by molar-refractivity contribution is 0.232. The smallest absolute Gasteiger partial charge is 0.0207 e. The van der Waals surface area contributed by atoms with Gasteiger partial charge in [-0.25, -0.2) is 0 Å². The molecule has 94 valence electrons. The van der Waals surface area contributed by atoms with Gasteiger partial charge in [0.2, 0.25) is 0 Å². The highest BCUT2D eigenvalue weighted by molar-refractivity contribution is 9.10. The molecule has 2 rings (SSSR count). The van der Waals surface area contributed by atoms with E-state index in [0.717, 1.165) is 11.8 Å². The van der Waals surface area contributed by atoms with Gasteiger partial charge in [-0.15, -0.1) is 0 Å². The Morgan fingerprint density at radius 3 is 2.59 bits per heavy atom. The van der Waals surface area contributed by atoms with Crippen molar-refractivity contribution in [2.75, 3.05) is 13.6 Å². The highest BCUT2D eigenvalue weighted by Gasteiger charge is 2.24. The van der Waals surface area contributed by atoms with Crippen molar-refractivity contribution in [1.29, 1.82) is 0 Å². The van der Waals surface area contributed by atoms with Crippen LogP contribution in [0.5, 0.6) is 0 Å². The van der Waals surface area contributed by atoms with Gasteiger partial charge in [0.05, 0.1) is 0 Å². The Kier molecular flexibility index (Phi) is 5.05. The molecule has 1 fully saturated rings. The molecule has 0 amide bonds. The molecule has 0 radical (unpaired) electrons. The van der Waals surface area contributed by atoms with Crippen molar-refractivity contribution in [3.8, 4) is 0 Å². The Labute approximate surface area is 113 Å². The van der Waals surface area contributed by atoms with Gasteiger partial charge in [-0.05, 0) is 56.3 Å². The van der Waals surface area contributed by atoms with Gasteiger partial charge < -0.3 is 5.32 Å². The van der Waals surface area contributed by atoms with Crippen molar-refractivity contribution in [2.24, 2.45) is 11.8 Å². The van der Waals surface area contributed by atoms with Crippen molar-refractivity contribution in [3.05, 3.63) is 34.3 Å². The molecule has 1 aliphatic rings. The summed E-state index contributed by atoms with van der Waals surface area (Å²) in [6.07, 6.45) is 6.85. The molecule has 2 heteroatoms. The van der Waals surface area contributed by atoms with Crippen LogP contribution < -0.4 is 5.32 Å². The van der Waals surface area contributed by atoms with Crippen LogP contribution in [0, 0.1) is 11.8 Å². The van der Waals surface area contributed by atoms with E-state index in [-0.39, 0.29) is 0 Å². The zero-order chi connectivity index (χ0) is 12.1. The zero-order valence-electron chi connectivity index (χ0n) is 10.6. The first-order chi connectivity index (χ1) is 8.31. The van der Waals surface area contributed by atoms with Crippen molar-refractivity contribution in [1.82, 2.24) is 5.32 Å². The molecule has 0 saturated heterocycles. The number of hydrogen-bond donors (Lipinski definition) is 1. The minimum absolute atomic E-state index is 0.856. The summed E-state index contributed by atoms with van der Waals surface area (Å²) in [6, 6.07) is 8.66. The van der Waals surface area contributed by atoms with Crippen LogP contribution in [0.4, 0.5) is 0 Å². The molecule has 1 aromatic carbocycles. The van der Waals surface area contributed by atoms with Crippen LogP contribution >= 0.6 is 15.9 Å². The van der Waals surface area contributed by atoms with Crippen LogP contribution in [0.15, 0.2) is 28.7 Å². The number of nitrogens with one attached hydrogen (secondary N) is 1. The highest BCUT2D eigenvalue weighted by atomic mass is 79.9. The minimum atomic E-state index is 0.856. The summed E-state index contributed by atoms with van der Waals surface area (Å²) in [7, 11) is 2.07. The molecule has 1 aliphatic carbocycles.